The van der Waals surface area contributed by atoms with Gasteiger partial charge in [-0.1, -0.05) is 80.9 Å². The summed E-state index contributed by atoms with van der Waals surface area (Å²) in [5.74, 6) is -6.12. The van der Waals surface area contributed by atoms with Crippen LogP contribution in [0.25, 0.3) is 0 Å². The first-order chi connectivity index (χ1) is 35.4. The van der Waals surface area contributed by atoms with E-state index in [1.807, 2.05) is 32.0 Å². The van der Waals surface area contributed by atoms with Gasteiger partial charge in [-0.15, -0.1) is 0 Å². The summed E-state index contributed by atoms with van der Waals surface area (Å²) in [5, 5.41) is 36.0. The Morgan fingerprint density at radius 1 is 0.703 bits per heavy atom. The highest BCUT2D eigenvalue weighted by atomic mass is 16.5. The summed E-state index contributed by atoms with van der Waals surface area (Å²) in [7, 11) is 0. The second kappa shape index (κ2) is 23.8. The summed E-state index contributed by atoms with van der Waals surface area (Å²) in [6.07, 6.45) is 3.99. The zero-order valence-corrected chi connectivity index (χ0v) is 41.2. The van der Waals surface area contributed by atoms with E-state index >= 15 is 0 Å². The monoisotopic (exact) mass is 1010 g/mol. The number of imide groups is 1. The molecule has 7 rings (SSSR count). The fourth-order valence-corrected chi connectivity index (χ4v) is 9.35. The van der Waals surface area contributed by atoms with Gasteiger partial charge in [0.25, 0.3) is 11.8 Å². The molecule has 4 aromatic rings. The number of aromatic hydroxyl groups is 2. The molecule has 0 saturated heterocycles. The van der Waals surface area contributed by atoms with E-state index in [1.54, 1.807) is 36.4 Å². The number of hydrogen-bond donors (Lipinski definition) is 7. The lowest BCUT2D eigenvalue weighted by atomic mass is 9.75. The molecule has 3 aliphatic rings. The molecule has 3 atom stereocenters. The van der Waals surface area contributed by atoms with Gasteiger partial charge in [0.1, 0.15) is 36.0 Å². The molecule has 4 aromatic carbocycles. The first-order valence-corrected chi connectivity index (χ1v) is 24.5. The van der Waals surface area contributed by atoms with Crippen LogP contribution >= 0.6 is 0 Å². The molecule has 0 fully saturated rings. The summed E-state index contributed by atoms with van der Waals surface area (Å²) in [5.41, 5.74) is 0.659. The summed E-state index contributed by atoms with van der Waals surface area (Å²) in [6.45, 7) is 4.49. The van der Waals surface area contributed by atoms with Crippen molar-refractivity contribution in [2.75, 3.05) is 23.7 Å². The highest BCUT2D eigenvalue weighted by Crippen LogP contribution is 2.47. The molecule has 74 heavy (non-hydrogen) atoms. The second-order valence-electron chi connectivity index (χ2n) is 18.9. The molecule has 0 unspecified atom stereocenters. The maximum absolute atomic E-state index is 14.1. The minimum absolute atomic E-state index is 0.0723. The van der Waals surface area contributed by atoms with E-state index in [0.29, 0.717) is 31.2 Å². The molecule has 0 saturated carbocycles. The van der Waals surface area contributed by atoms with Crippen LogP contribution in [0.15, 0.2) is 84.9 Å². The third kappa shape index (κ3) is 12.6. The van der Waals surface area contributed by atoms with Crippen molar-refractivity contribution in [3.8, 4) is 11.5 Å². The summed E-state index contributed by atoms with van der Waals surface area (Å²) in [4.78, 5) is 132. The Balaban J connectivity index is 0.934. The quantitative estimate of drug-likeness (QED) is 0.0286. The van der Waals surface area contributed by atoms with E-state index in [1.165, 1.54) is 37.3 Å². The Bertz CT molecular complexity index is 2930. The average Bonchev–Trinajstić information content (AvgIpc) is 3.70. The van der Waals surface area contributed by atoms with Crippen molar-refractivity contribution < 1.29 is 62.9 Å². The fourth-order valence-electron chi connectivity index (χ4n) is 9.35. The van der Waals surface area contributed by atoms with Crippen LogP contribution in [0, 0.1) is 11.8 Å². The van der Waals surface area contributed by atoms with Crippen molar-refractivity contribution in [3.63, 3.8) is 0 Å². The lowest BCUT2D eigenvalue weighted by molar-refractivity contribution is -0.137. The van der Waals surface area contributed by atoms with Crippen LogP contribution < -0.4 is 26.6 Å². The predicted molar refractivity (Wildman–Crippen MR) is 269 cm³/mol. The molecule has 19 nitrogen and oxygen atoms in total. The summed E-state index contributed by atoms with van der Waals surface area (Å²) >= 11 is 0. The first-order valence-electron chi connectivity index (χ1n) is 24.5. The van der Waals surface area contributed by atoms with Gasteiger partial charge < -0.3 is 36.2 Å². The number of nitrogens with zero attached hydrogens (tertiary/aromatic N) is 1. The number of phenolic OH excluding ortho intramolecular Hbond substituents is 2. The standard InChI is InChI=1S/C55H58N6O13/c1-30(2)25-40(59-54(72)41(26-32-13-6-4-7-14-32)58-42(63)19-8-5-11-24-61-44(65)22-23-45(61)66)53(71)56-28-43(64)57-38-17-10-9-15-34(38)29-74-55(73)60-39-18-12-16-36-46(39)52(70)48-47(50(36)68)51(69)37-27-33(31(3)62)20-21-35(37)49(48)67/h4,6-7,9-10,12-18,22-23,30,33,40-41,67,69H,5,8,11,19-21,24-29H2,1-3H3,(H,56,71)(H,57,64)(H,58,63)(H,59,72)(H,60,73)/t33-,40-,41-/m0/s1. The number of carbonyl (C=O) groups is 10. The average molecular weight is 1010 g/mol. The van der Waals surface area contributed by atoms with E-state index < -0.39 is 82.9 Å². The first kappa shape index (κ1) is 53.3. The van der Waals surface area contributed by atoms with Gasteiger partial charge in [-0.3, -0.25) is 53.4 Å². The Morgan fingerprint density at radius 3 is 2.09 bits per heavy atom. The minimum Gasteiger partial charge on any atom is -0.507 e. The summed E-state index contributed by atoms with van der Waals surface area (Å²) < 4.78 is 5.49. The van der Waals surface area contributed by atoms with E-state index in [2.05, 4.69) is 26.6 Å². The summed E-state index contributed by atoms with van der Waals surface area (Å²) in [6, 6.07) is 17.4. The van der Waals surface area contributed by atoms with Gasteiger partial charge in [0.15, 0.2) is 11.6 Å². The zero-order valence-electron chi connectivity index (χ0n) is 41.2. The highest BCUT2D eigenvalue weighted by molar-refractivity contribution is 6.32. The van der Waals surface area contributed by atoms with Crippen molar-refractivity contribution >= 4 is 70.3 Å². The number of phenols is 2. The highest BCUT2D eigenvalue weighted by Gasteiger charge is 2.41. The number of fused-ring (bicyclic) bond motifs is 3. The van der Waals surface area contributed by atoms with Crippen LogP contribution in [0.4, 0.5) is 16.2 Å². The van der Waals surface area contributed by atoms with Gasteiger partial charge >= 0.3 is 6.09 Å². The molecule has 19 heteroatoms. The van der Waals surface area contributed by atoms with Gasteiger partial charge in [-0.2, -0.15) is 0 Å². The van der Waals surface area contributed by atoms with E-state index in [9.17, 15) is 58.2 Å². The number of Topliss-reactive ketones (excluding diaryl/α,β-unsaturated/α-hetero) is 1. The Morgan fingerprint density at radius 2 is 1.38 bits per heavy atom. The Hall–Kier alpha value is -8.48. The van der Waals surface area contributed by atoms with Crippen molar-refractivity contribution in [1.29, 1.82) is 0 Å². The molecule has 1 aliphatic heterocycles. The van der Waals surface area contributed by atoms with Crippen LogP contribution in [-0.4, -0.2) is 99.2 Å². The molecule has 386 valence electrons. The molecule has 0 spiro atoms. The number of nitrogens with one attached hydrogen (secondary N) is 5. The van der Waals surface area contributed by atoms with Crippen molar-refractivity contribution in [2.24, 2.45) is 11.8 Å². The molecule has 0 radical (unpaired) electrons. The van der Waals surface area contributed by atoms with Gasteiger partial charge in [-0.25, -0.2) is 4.79 Å². The smallest absolute Gasteiger partial charge is 0.411 e. The molecule has 0 aromatic heterocycles. The van der Waals surface area contributed by atoms with Crippen LogP contribution in [-0.2, 0) is 64.2 Å². The van der Waals surface area contributed by atoms with E-state index in [4.69, 9.17) is 4.74 Å². The number of rotatable bonds is 21. The fraction of sp³-hybridized carbons (Fsp3) is 0.345. The van der Waals surface area contributed by atoms with Crippen LogP contribution in [0.5, 0.6) is 11.5 Å². The number of ketones is 3. The number of unbranched alkanes of at least 4 members (excludes halogenated alkanes) is 2. The number of hydrogen-bond acceptors (Lipinski definition) is 13. The lowest BCUT2D eigenvalue weighted by Gasteiger charge is -2.29. The zero-order chi connectivity index (χ0) is 53.2. The molecule has 0 bridgehead atoms. The number of carbonyl (C=O) groups excluding carboxylic acids is 10. The molecular formula is C55H58N6O13. The number of para-hydroxylation sites is 1. The van der Waals surface area contributed by atoms with Crippen LogP contribution in [0.1, 0.15) is 113 Å². The van der Waals surface area contributed by atoms with Crippen LogP contribution in [0.2, 0.25) is 0 Å². The van der Waals surface area contributed by atoms with Crippen molar-refractivity contribution in [1.82, 2.24) is 20.9 Å². The molecular weight excluding hydrogens is 953 g/mol. The van der Waals surface area contributed by atoms with Gasteiger partial charge in [0.2, 0.25) is 23.6 Å². The van der Waals surface area contributed by atoms with E-state index in [-0.39, 0.29) is 108 Å². The maximum atomic E-state index is 14.1. The molecule has 2 aliphatic carbocycles. The van der Waals surface area contributed by atoms with Crippen molar-refractivity contribution in [2.45, 2.75) is 97.2 Å². The third-order valence-electron chi connectivity index (χ3n) is 13.2. The molecule has 7 amide bonds. The Labute approximate surface area is 426 Å². The normalized spacial score (nSPS) is 15.4. The van der Waals surface area contributed by atoms with Gasteiger partial charge in [-0.05, 0) is 69.1 Å². The largest absolute Gasteiger partial charge is 0.507 e. The SMILES string of the molecule is CC(=O)[C@H]1CCc2c(O)c3c(c(O)c2C1)C(=O)c1cccc(NC(=O)OCc2ccccc2NC(=O)CNC(=O)[C@H](CC(C)C)NC(=O)[C@H](Cc2ccccc2)NC(=O)CCCCCN2C(=O)C=CC2=O)c1C3=O. The minimum atomic E-state index is -1.08. The second-order valence-corrected chi connectivity index (χ2v) is 18.9. The van der Waals surface area contributed by atoms with Gasteiger partial charge in [0, 0.05) is 65.4 Å². The molecule has 1 heterocycles. The van der Waals surface area contributed by atoms with Gasteiger partial charge in [0.05, 0.1) is 28.9 Å². The van der Waals surface area contributed by atoms with Crippen LogP contribution in [0.3, 0.4) is 0 Å². The third-order valence-corrected chi connectivity index (χ3v) is 13.2. The topological polar surface area (TPSA) is 284 Å². The predicted octanol–water partition coefficient (Wildman–Crippen LogP) is 5.11. The maximum Gasteiger partial charge on any atom is 0.411 e. The van der Waals surface area contributed by atoms with E-state index in [0.717, 1.165) is 10.5 Å². The lowest BCUT2D eigenvalue weighted by Crippen LogP contribution is -2.55. The number of benzene rings is 4. The van der Waals surface area contributed by atoms with Crippen molar-refractivity contribution in [3.05, 3.63) is 129 Å². The number of amides is 7. The number of ether oxygens (including phenoxy) is 1. The number of anilines is 2. The molecule has 7 N–H and O–H groups in total. The Kier molecular flexibility index (Phi) is 17.2.